The number of aliphatic hydroxyl groups excluding tert-OH is 1. The minimum Gasteiger partial charge on any atom is -0.480 e. The lowest BCUT2D eigenvalue weighted by Crippen LogP contribution is -2.12. The number of hydrogen-bond acceptors (Lipinski definition) is 6. The molecule has 0 bridgehead atoms. The molecule has 2 heterocycles. The average Bonchev–Trinajstić information content (AvgIpc) is 2.71. The molecule has 154 valence electrons. The Morgan fingerprint density at radius 2 is 1.11 bits per heavy atom. The van der Waals surface area contributed by atoms with E-state index in [2.05, 4.69) is 48.1 Å². The Labute approximate surface area is 168 Å². The molecule has 6 heteroatoms. The molecule has 0 saturated carbocycles. The van der Waals surface area contributed by atoms with E-state index >= 15 is 0 Å². The first-order valence-electron chi connectivity index (χ1n) is 10.6. The van der Waals surface area contributed by atoms with Crippen LogP contribution < -0.4 is 4.74 Å². The lowest BCUT2D eigenvalue weighted by Gasteiger charge is -2.19. The molecule has 0 unspecified atom stereocenters. The fourth-order valence-electron chi connectivity index (χ4n) is 3.80. The van der Waals surface area contributed by atoms with Gasteiger partial charge in [-0.2, -0.15) is 5.10 Å². The number of rotatable bonds is 11. The Hall–Kier alpha value is -2.08. The second-order valence-corrected chi connectivity index (χ2v) is 7.13. The van der Waals surface area contributed by atoms with Crippen LogP contribution in [0, 0.1) is 0 Å². The number of ether oxygens (including phenoxy) is 1. The fourth-order valence-corrected chi connectivity index (χ4v) is 3.80. The molecule has 2 aromatic heterocycles. The van der Waals surface area contributed by atoms with Gasteiger partial charge < -0.3 is 9.84 Å². The topological polar surface area (TPSA) is 81.0 Å². The molecular weight excluding hydrogens is 352 g/mol. The van der Waals surface area contributed by atoms with E-state index in [0.29, 0.717) is 11.6 Å². The molecule has 0 fully saturated rings. The van der Waals surface area contributed by atoms with Crippen molar-refractivity contribution in [1.29, 1.82) is 0 Å². The summed E-state index contributed by atoms with van der Waals surface area (Å²) in [6, 6.07) is 0. The fraction of sp³-hybridized carbons (Fsp3) is 0.636. The van der Waals surface area contributed by atoms with Gasteiger partial charge in [-0.15, -0.1) is 15.3 Å². The second-order valence-electron chi connectivity index (χ2n) is 7.13. The molecule has 0 aromatic carbocycles. The summed E-state index contributed by atoms with van der Waals surface area (Å²) < 4.78 is 5.51. The van der Waals surface area contributed by atoms with Crippen LogP contribution in [0.4, 0.5) is 0 Å². The molecule has 0 saturated heterocycles. The molecule has 0 aliphatic carbocycles. The number of methoxy groups -OCH3 is 1. The van der Waals surface area contributed by atoms with E-state index in [9.17, 15) is 5.11 Å². The number of aliphatic hydroxyl groups is 1. The Kier molecular flexibility index (Phi) is 8.77. The van der Waals surface area contributed by atoms with Gasteiger partial charge in [-0.3, -0.25) is 0 Å². The number of aromatic nitrogens is 4. The molecule has 28 heavy (non-hydrogen) atoms. The van der Waals surface area contributed by atoms with E-state index in [4.69, 9.17) is 4.74 Å². The molecule has 0 aliphatic rings. The van der Waals surface area contributed by atoms with Crippen molar-refractivity contribution < 1.29 is 9.84 Å². The summed E-state index contributed by atoms with van der Waals surface area (Å²) >= 11 is 0. The zero-order valence-corrected chi connectivity index (χ0v) is 18.0. The van der Waals surface area contributed by atoms with E-state index < -0.39 is 0 Å². The van der Waals surface area contributed by atoms with Crippen LogP contribution in [0.25, 0.3) is 11.4 Å². The van der Waals surface area contributed by atoms with E-state index in [0.717, 1.165) is 79.4 Å². The highest BCUT2D eigenvalue weighted by molar-refractivity contribution is 5.66. The van der Waals surface area contributed by atoms with Crippen molar-refractivity contribution >= 4 is 0 Å². The lowest BCUT2D eigenvalue weighted by molar-refractivity contribution is 0.273. The first-order chi connectivity index (χ1) is 13.7. The standard InChI is InChI=1S/C22H34N4O2/c1-6-10-15-16(11-7-2)20(24-23-19(15)14-27)21-17(12-8-3)18(13-9-4)22(28-5)26-25-21/h27H,6-14H2,1-5H3. The van der Waals surface area contributed by atoms with Crippen molar-refractivity contribution in [2.75, 3.05) is 7.11 Å². The maximum atomic E-state index is 9.77. The molecule has 1 N–H and O–H groups in total. The first-order valence-corrected chi connectivity index (χ1v) is 10.6. The van der Waals surface area contributed by atoms with Crippen LogP contribution in [-0.4, -0.2) is 32.6 Å². The highest BCUT2D eigenvalue weighted by Crippen LogP contribution is 2.33. The van der Waals surface area contributed by atoms with E-state index in [-0.39, 0.29) is 6.61 Å². The van der Waals surface area contributed by atoms with Crippen molar-refractivity contribution in [3.63, 3.8) is 0 Å². The summed E-state index contributed by atoms with van der Waals surface area (Å²) in [5, 5.41) is 27.6. The van der Waals surface area contributed by atoms with Crippen LogP contribution >= 0.6 is 0 Å². The third-order valence-corrected chi connectivity index (χ3v) is 4.99. The van der Waals surface area contributed by atoms with Gasteiger partial charge in [0.05, 0.1) is 19.4 Å². The van der Waals surface area contributed by atoms with Gasteiger partial charge in [-0.05, 0) is 42.4 Å². The smallest absolute Gasteiger partial charge is 0.236 e. The van der Waals surface area contributed by atoms with Crippen molar-refractivity contribution in [2.45, 2.75) is 85.7 Å². The summed E-state index contributed by atoms with van der Waals surface area (Å²) in [4.78, 5) is 0. The van der Waals surface area contributed by atoms with Crippen molar-refractivity contribution in [3.8, 4) is 17.3 Å². The minimum atomic E-state index is -0.0868. The summed E-state index contributed by atoms with van der Waals surface area (Å²) in [7, 11) is 1.65. The van der Waals surface area contributed by atoms with Crippen LogP contribution in [0.3, 0.4) is 0 Å². The third kappa shape index (κ3) is 4.66. The highest BCUT2D eigenvalue weighted by Gasteiger charge is 2.23. The van der Waals surface area contributed by atoms with Crippen LogP contribution in [0.15, 0.2) is 0 Å². The SMILES string of the molecule is CCCc1c(CO)nnc(-c2nnc(OC)c(CCC)c2CCC)c1CCC. The van der Waals surface area contributed by atoms with E-state index in [1.165, 1.54) is 5.56 Å². The van der Waals surface area contributed by atoms with Crippen LogP contribution in [0.1, 0.15) is 81.3 Å². The maximum absolute atomic E-state index is 9.77. The lowest BCUT2D eigenvalue weighted by atomic mass is 9.92. The van der Waals surface area contributed by atoms with Crippen LogP contribution in [0.5, 0.6) is 5.88 Å². The third-order valence-electron chi connectivity index (χ3n) is 4.99. The first kappa shape index (κ1) is 22.2. The van der Waals surface area contributed by atoms with Gasteiger partial charge >= 0.3 is 0 Å². The Morgan fingerprint density at radius 3 is 1.61 bits per heavy atom. The summed E-state index contributed by atoms with van der Waals surface area (Å²) in [5.41, 5.74) is 6.90. The molecule has 0 radical (unpaired) electrons. The molecule has 2 rings (SSSR count). The Balaban J connectivity index is 2.78. The average molecular weight is 387 g/mol. The van der Waals surface area contributed by atoms with Crippen LogP contribution in [-0.2, 0) is 32.3 Å². The molecule has 2 aromatic rings. The van der Waals surface area contributed by atoms with Crippen molar-refractivity contribution in [3.05, 3.63) is 27.9 Å². The zero-order chi connectivity index (χ0) is 20.5. The summed E-state index contributed by atoms with van der Waals surface area (Å²) in [6.45, 7) is 8.55. The molecule has 0 aliphatic heterocycles. The molecule has 0 atom stereocenters. The zero-order valence-electron chi connectivity index (χ0n) is 18.0. The maximum Gasteiger partial charge on any atom is 0.236 e. The summed E-state index contributed by atoms with van der Waals surface area (Å²) in [6.07, 6.45) is 7.56. The van der Waals surface area contributed by atoms with Crippen LogP contribution in [0.2, 0.25) is 0 Å². The molecule has 0 spiro atoms. The van der Waals surface area contributed by atoms with Gasteiger partial charge in [0.15, 0.2) is 0 Å². The number of nitrogens with zero attached hydrogens (tertiary/aromatic N) is 4. The van der Waals surface area contributed by atoms with E-state index in [1.54, 1.807) is 7.11 Å². The number of hydrogen-bond donors (Lipinski definition) is 1. The predicted molar refractivity (Wildman–Crippen MR) is 112 cm³/mol. The van der Waals surface area contributed by atoms with Crippen molar-refractivity contribution in [1.82, 2.24) is 20.4 Å². The van der Waals surface area contributed by atoms with E-state index in [1.807, 2.05) is 0 Å². The van der Waals surface area contributed by atoms with Gasteiger partial charge in [0.2, 0.25) is 5.88 Å². The summed E-state index contributed by atoms with van der Waals surface area (Å²) in [5.74, 6) is 0.611. The predicted octanol–water partition coefficient (Wildman–Crippen LogP) is 4.24. The normalized spacial score (nSPS) is 11.1. The molecule has 6 nitrogen and oxygen atoms in total. The molecular formula is C22H34N4O2. The van der Waals surface area contributed by atoms with Gasteiger partial charge in [0.25, 0.3) is 0 Å². The van der Waals surface area contributed by atoms with Gasteiger partial charge in [0.1, 0.15) is 11.4 Å². The quantitative estimate of drug-likeness (QED) is 0.622. The highest BCUT2D eigenvalue weighted by atomic mass is 16.5. The Bertz CT molecular complexity index is 712. The van der Waals surface area contributed by atoms with Gasteiger partial charge in [0, 0.05) is 5.56 Å². The Morgan fingerprint density at radius 1 is 0.643 bits per heavy atom. The van der Waals surface area contributed by atoms with Gasteiger partial charge in [-0.25, -0.2) is 0 Å². The molecule has 0 amide bonds. The minimum absolute atomic E-state index is 0.0868. The largest absolute Gasteiger partial charge is 0.480 e. The van der Waals surface area contributed by atoms with Gasteiger partial charge in [-0.1, -0.05) is 53.4 Å². The van der Waals surface area contributed by atoms with Crippen molar-refractivity contribution in [2.24, 2.45) is 0 Å². The monoisotopic (exact) mass is 386 g/mol. The second kappa shape index (κ2) is 11.1.